The predicted molar refractivity (Wildman–Crippen MR) is 83.0 cm³/mol. The Kier molecular flexibility index (Phi) is 5.73. The molecule has 0 aliphatic heterocycles. The van der Waals surface area contributed by atoms with E-state index in [4.69, 9.17) is 21.9 Å². The number of rotatable bonds is 6. The number of hydrogen-bond acceptors (Lipinski definition) is 4. The highest BCUT2D eigenvalue weighted by molar-refractivity contribution is 7.80. The molecule has 2 aromatic heterocycles. The van der Waals surface area contributed by atoms with Gasteiger partial charge in [0.1, 0.15) is 5.76 Å². The molecule has 0 aromatic carbocycles. The molecule has 2 rings (SSSR count). The zero-order valence-electron chi connectivity index (χ0n) is 11.5. The minimum atomic E-state index is 0.419. The molecule has 5 nitrogen and oxygen atoms in total. The van der Waals surface area contributed by atoms with Crippen LogP contribution in [0.4, 0.5) is 0 Å². The van der Waals surface area contributed by atoms with Crippen molar-refractivity contribution in [2.24, 2.45) is 0 Å². The van der Waals surface area contributed by atoms with Gasteiger partial charge in [0.05, 0.1) is 25.3 Å². The van der Waals surface area contributed by atoms with Crippen LogP contribution >= 0.6 is 12.2 Å². The highest BCUT2D eigenvalue weighted by Gasteiger charge is 2.10. The van der Waals surface area contributed by atoms with Crippen molar-refractivity contribution in [1.82, 2.24) is 15.2 Å². The first kappa shape index (κ1) is 15.0. The average Bonchev–Trinajstić information content (AvgIpc) is 3.03. The fraction of sp³-hybridized carbons (Fsp3) is 0.267. The Balaban J connectivity index is 1.94. The van der Waals surface area contributed by atoms with E-state index < -0.39 is 0 Å². The largest absolute Gasteiger partial charge is 0.467 e. The van der Waals surface area contributed by atoms with E-state index in [1.807, 2.05) is 29.2 Å². The van der Waals surface area contributed by atoms with Gasteiger partial charge in [-0.1, -0.05) is 6.07 Å². The SMILES string of the molecule is N#CCCN(Cc1cccnc1)C(=S)NCc1ccco1. The van der Waals surface area contributed by atoms with Crippen molar-refractivity contribution >= 4 is 17.3 Å². The van der Waals surface area contributed by atoms with Crippen LogP contribution in [0.5, 0.6) is 0 Å². The maximum absolute atomic E-state index is 8.78. The molecule has 0 radical (unpaired) electrons. The maximum Gasteiger partial charge on any atom is 0.169 e. The Labute approximate surface area is 129 Å². The molecule has 0 aliphatic rings. The normalized spacial score (nSPS) is 9.86. The van der Waals surface area contributed by atoms with Crippen LogP contribution in [0.15, 0.2) is 47.3 Å². The van der Waals surface area contributed by atoms with Crippen molar-refractivity contribution in [3.05, 3.63) is 54.2 Å². The summed E-state index contributed by atoms with van der Waals surface area (Å²) in [6.07, 6.45) is 5.58. The molecule has 0 saturated heterocycles. The van der Waals surface area contributed by atoms with Crippen LogP contribution in [0, 0.1) is 11.3 Å². The van der Waals surface area contributed by atoms with Crippen molar-refractivity contribution in [3.8, 4) is 6.07 Å². The van der Waals surface area contributed by atoms with Crippen LogP contribution in [-0.2, 0) is 13.1 Å². The molecule has 6 heteroatoms. The molecule has 0 bridgehead atoms. The first-order valence-corrected chi connectivity index (χ1v) is 7.01. The standard InChI is InChI=1S/C15H16N4OS/c16-6-3-8-19(12-13-4-1-7-17-10-13)15(21)18-11-14-5-2-9-20-14/h1-2,4-5,7,9-10H,3,8,11-12H2,(H,18,21). The second-order valence-electron chi connectivity index (χ2n) is 4.43. The fourth-order valence-corrected chi connectivity index (χ4v) is 2.07. The highest BCUT2D eigenvalue weighted by Crippen LogP contribution is 2.05. The van der Waals surface area contributed by atoms with Crippen molar-refractivity contribution in [3.63, 3.8) is 0 Å². The Hall–Kier alpha value is -2.39. The zero-order chi connectivity index (χ0) is 14.9. The van der Waals surface area contributed by atoms with E-state index in [0.717, 1.165) is 11.3 Å². The first-order valence-electron chi connectivity index (χ1n) is 6.60. The smallest absolute Gasteiger partial charge is 0.169 e. The van der Waals surface area contributed by atoms with E-state index in [9.17, 15) is 0 Å². The molecular weight excluding hydrogens is 284 g/mol. The van der Waals surface area contributed by atoms with Crippen molar-refractivity contribution in [2.75, 3.05) is 6.54 Å². The molecule has 0 fully saturated rings. The molecule has 0 amide bonds. The number of furan rings is 1. The van der Waals surface area contributed by atoms with Crippen LogP contribution < -0.4 is 5.32 Å². The summed E-state index contributed by atoms with van der Waals surface area (Å²) in [5.41, 5.74) is 1.05. The number of nitrogens with zero attached hydrogens (tertiary/aromatic N) is 3. The molecule has 0 spiro atoms. The molecule has 0 unspecified atom stereocenters. The van der Waals surface area contributed by atoms with Gasteiger partial charge in [-0.05, 0) is 36.0 Å². The minimum Gasteiger partial charge on any atom is -0.467 e. The lowest BCUT2D eigenvalue weighted by atomic mass is 10.2. The summed E-state index contributed by atoms with van der Waals surface area (Å²) in [6.45, 7) is 1.73. The van der Waals surface area contributed by atoms with Crippen molar-refractivity contribution < 1.29 is 4.42 Å². The number of aromatic nitrogens is 1. The van der Waals surface area contributed by atoms with Gasteiger partial charge < -0.3 is 14.6 Å². The highest BCUT2D eigenvalue weighted by atomic mass is 32.1. The minimum absolute atomic E-state index is 0.419. The summed E-state index contributed by atoms with van der Waals surface area (Å²) >= 11 is 5.40. The summed E-state index contributed by atoms with van der Waals surface area (Å²) in [5, 5.41) is 12.5. The fourth-order valence-electron chi connectivity index (χ4n) is 1.84. The predicted octanol–water partition coefficient (Wildman–Crippen LogP) is 2.46. The first-order chi connectivity index (χ1) is 10.3. The van der Waals surface area contributed by atoms with Crippen molar-refractivity contribution in [1.29, 1.82) is 5.26 Å². The Bertz CT molecular complexity index is 592. The third-order valence-electron chi connectivity index (χ3n) is 2.87. The van der Waals surface area contributed by atoms with Gasteiger partial charge in [0.25, 0.3) is 0 Å². The van der Waals surface area contributed by atoms with E-state index >= 15 is 0 Å². The van der Waals surface area contributed by atoms with Crippen LogP contribution in [0.25, 0.3) is 0 Å². The molecule has 108 valence electrons. The quantitative estimate of drug-likeness (QED) is 0.827. The third kappa shape index (κ3) is 4.89. The summed E-state index contributed by atoms with van der Waals surface area (Å²) in [7, 11) is 0. The second-order valence-corrected chi connectivity index (χ2v) is 4.82. The van der Waals surface area contributed by atoms with Gasteiger partial charge in [0.15, 0.2) is 5.11 Å². The number of nitriles is 1. The van der Waals surface area contributed by atoms with E-state index in [0.29, 0.717) is 31.2 Å². The van der Waals surface area contributed by atoms with Gasteiger partial charge in [-0.2, -0.15) is 5.26 Å². The van der Waals surface area contributed by atoms with Gasteiger partial charge in [0, 0.05) is 25.5 Å². The molecule has 2 aromatic rings. The zero-order valence-corrected chi connectivity index (χ0v) is 12.3. The molecule has 2 heterocycles. The van der Waals surface area contributed by atoms with Crippen LogP contribution in [0.3, 0.4) is 0 Å². The number of pyridine rings is 1. The lowest BCUT2D eigenvalue weighted by molar-refractivity contribution is 0.408. The van der Waals surface area contributed by atoms with Crippen LogP contribution in [0.1, 0.15) is 17.7 Å². The van der Waals surface area contributed by atoms with E-state index in [1.54, 1.807) is 18.7 Å². The Morgan fingerprint density at radius 1 is 1.43 bits per heavy atom. The maximum atomic E-state index is 8.78. The number of thiocarbonyl (C=S) groups is 1. The monoisotopic (exact) mass is 300 g/mol. The van der Waals surface area contributed by atoms with Gasteiger partial charge in [-0.15, -0.1) is 0 Å². The number of hydrogen-bond donors (Lipinski definition) is 1. The van der Waals surface area contributed by atoms with Gasteiger partial charge in [0.2, 0.25) is 0 Å². The topological polar surface area (TPSA) is 65.1 Å². The second kappa shape index (κ2) is 8.02. The molecular formula is C15H16N4OS. The lowest BCUT2D eigenvalue weighted by Crippen LogP contribution is -2.39. The van der Waals surface area contributed by atoms with Gasteiger partial charge in [-0.3, -0.25) is 4.98 Å². The molecule has 0 aliphatic carbocycles. The van der Waals surface area contributed by atoms with Crippen LogP contribution in [-0.4, -0.2) is 21.5 Å². The molecule has 0 saturated carbocycles. The molecule has 21 heavy (non-hydrogen) atoms. The Morgan fingerprint density at radius 3 is 3.00 bits per heavy atom. The number of nitrogens with one attached hydrogen (secondary N) is 1. The third-order valence-corrected chi connectivity index (χ3v) is 3.27. The summed E-state index contributed by atoms with van der Waals surface area (Å²) in [4.78, 5) is 6.05. The van der Waals surface area contributed by atoms with Gasteiger partial charge in [-0.25, -0.2) is 0 Å². The summed E-state index contributed by atoms with van der Waals surface area (Å²) in [5.74, 6) is 0.818. The Morgan fingerprint density at radius 2 is 2.33 bits per heavy atom. The molecule has 1 N–H and O–H groups in total. The van der Waals surface area contributed by atoms with Gasteiger partial charge >= 0.3 is 0 Å². The average molecular weight is 300 g/mol. The van der Waals surface area contributed by atoms with E-state index in [1.165, 1.54) is 0 Å². The summed E-state index contributed by atoms with van der Waals surface area (Å²) < 4.78 is 5.26. The lowest BCUT2D eigenvalue weighted by Gasteiger charge is -2.24. The van der Waals surface area contributed by atoms with Crippen molar-refractivity contribution in [2.45, 2.75) is 19.5 Å². The van der Waals surface area contributed by atoms with E-state index in [2.05, 4.69) is 16.4 Å². The summed E-state index contributed by atoms with van der Waals surface area (Å²) in [6, 6.07) is 9.74. The van der Waals surface area contributed by atoms with E-state index in [-0.39, 0.29) is 0 Å². The molecule has 0 atom stereocenters. The van der Waals surface area contributed by atoms with Crippen LogP contribution in [0.2, 0.25) is 0 Å².